The fraction of sp³-hybridized carbons (Fsp3) is 0.353. The third-order valence-electron chi connectivity index (χ3n) is 4.09. The van der Waals surface area contributed by atoms with E-state index >= 15 is 0 Å². The van der Waals surface area contributed by atoms with Crippen molar-refractivity contribution >= 4 is 16.7 Å². The Balaban J connectivity index is 1.87. The van der Waals surface area contributed by atoms with Gasteiger partial charge >= 0.3 is 5.97 Å². The Bertz CT molecular complexity index is 618. The SMILES string of the molecule is COC(=O)C1CCCN1Cc1cccc2ccccc12. The number of carbonyl (C=O) groups is 1. The van der Waals surface area contributed by atoms with Crippen LogP contribution in [0.4, 0.5) is 0 Å². The molecule has 0 saturated carbocycles. The minimum Gasteiger partial charge on any atom is -0.468 e. The fourth-order valence-electron chi connectivity index (χ4n) is 3.07. The van der Waals surface area contributed by atoms with Gasteiger partial charge in [0.25, 0.3) is 0 Å². The number of methoxy groups -OCH3 is 1. The summed E-state index contributed by atoms with van der Waals surface area (Å²) in [7, 11) is 1.47. The van der Waals surface area contributed by atoms with E-state index in [9.17, 15) is 4.79 Å². The predicted octanol–water partition coefficient (Wildman–Crippen LogP) is 2.98. The summed E-state index contributed by atoms with van der Waals surface area (Å²) in [6, 6.07) is 14.7. The third-order valence-corrected chi connectivity index (χ3v) is 4.09. The van der Waals surface area contributed by atoms with Crippen LogP contribution in [0.25, 0.3) is 10.8 Å². The normalized spacial score (nSPS) is 19.4. The molecule has 1 saturated heterocycles. The van der Waals surface area contributed by atoms with Crippen LogP contribution in [0.3, 0.4) is 0 Å². The first kappa shape index (κ1) is 13.1. The van der Waals surface area contributed by atoms with E-state index in [1.807, 2.05) is 0 Å². The average Bonchev–Trinajstić information content (AvgIpc) is 2.95. The van der Waals surface area contributed by atoms with Gasteiger partial charge in [-0.2, -0.15) is 0 Å². The zero-order chi connectivity index (χ0) is 13.9. The van der Waals surface area contributed by atoms with Gasteiger partial charge < -0.3 is 4.74 Å². The molecule has 3 nitrogen and oxygen atoms in total. The Morgan fingerprint density at radius 2 is 2.05 bits per heavy atom. The molecule has 0 radical (unpaired) electrons. The van der Waals surface area contributed by atoms with Crippen molar-refractivity contribution < 1.29 is 9.53 Å². The number of rotatable bonds is 3. The first-order chi connectivity index (χ1) is 9.79. The van der Waals surface area contributed by atoms with Crippen LogP contribution < -0.4 is 0 Å². The van der Waals surface area contributed by atoms with Crippen molar-refractivity contribution in [2.24, 2.45) is 0 Å². The number of carbonyl (C=O) groups excluding carboxylic acids is 1. The lowest BCUT2D eigenvalue weighted by molar-refractivity contribution is -0.146. The van der Waals surface area contributed by atoms with Crippen molar-refractivity contribution in [1.82, 2.24) is 4.90 Å². The van der Waals surface area contributed by atoms with Gasteiger partial charge in [0, 0.05) is 6.54 Å². The molecule has 1 aliphatic rings. The summed E-state index contributed by atoms with van der Waals surface area (Å²) >= 11 is 0. The van der Waals surface area contributed by atoms with Crippen LogP contribution in [-0.2, 0) is 16.1 Å². The Labute approximate surface area is 119 Å². The minimum absolute atomic E-state index is 0.0843. The molecule has 1 atom stereocenters. The topological polar surface area (TPSA) is 29.5 Å². The molecule has 2 aromatic carbocycles. The molecule has 104 valence electrons. The third kappa shape index (κ3) is 2.41. The quantitative estimate of drug-likeness (QED) is 0.802. The summed E-state index contributed by atoms with van der Waals surface area (Å²) in [6.45, 7) is 1.77. The van der Waals surface area contributed by atoms with Crippen LogP contribution in [0.1, 0.15) is 18.4 Å². The molecule has 1 unspecified atom stereocenters. The lowest BCUT2D eigenvalue weighted by Gasteiger charge is -2.23. The highest BCUT2D eigenvalue weighted by molar-refractivity contribution is 5.85. The van der Waals surface area contributed by atoms with E-state index in [1.54, 1.807) is 0 Å². The van der Waals surface area contributed by atoms with Crippen molar-refractivity contribution in [1.29, 1.82) is 0 Å². The minimum atomic E-state index is -0.109. The van der Waals surface area contributed by atoms with Crippen LogP contribution >= 0.6 is 0 Å². The van der Waals surface area contributed by atoms with Gasteiger partial charge in [-0.3, -0.25) is 9.69 Å². The summed E-state index contributed by atoms with van der Waals surface area (Å²) in [4.78, 5) is 14.0. The molecule has 0 aliphatic carbocycles. The van der Waals surface area contributed by atoms with Crippen LogP contribution in [-0.4, -0.2) is 30.6 Å². The molecular formula is C17H19NO2. The Morgan fingerprint density at radius 3 is 2.90 bits per heavy atom. The number of ether oxygens (including phenoxy) is 1. The Morgan fingerprint density at radius 1 is 1.25 bits per heavy atom. The molecule has 3 heteroatoms. The highest BCUT2D eigenvalue weighted by Gasteiger charge is 2.31. The molecule has 0 spiro atoms. The van der Waals surface area contributed by atoms with Gasteiger partial charge in [-0.05, 0) is 35.7 Å². The molecular weight excluding hydrogens is 250 g/mol. The van der Waals surface area contributed by atoms with E-state index in [2.05, 4.69) is 47.4 Å². The summed E-state index contributed by atoms with van der Waals surface area (Å²) in [6.07, 6.45) is 1.96. The molecule has 20 heavy (non-hydrogen) atoms. The van der Waals surface area contributed by atoms with E-state index in [1.165, 1.54) is 23.4 Å². The maximum absolute atomic E-state index is 11.8. The molecule has 1 heterocycles. The molecule has 0 N–H and O–H groups in total. The maximum Gasteiger partial charge on any atom is 0.323 e. The van der Waals surface area contributed by atoms with Gasteiger partial charge in [0.1, 0.15) is 6.04 Å². The average molecular weight is 269 g/mol. The molecule has 1 fully saturated rings. The lowest BCUT2D eigenvalue weighted by Crippen LogP contribution is -2.36. The van der Waals surface area contributed by atoms with E-state index in [4.69, 9.17) is 4.74 Å². The first-order valence-electron chi connectivity index (χ1n) is 7.08. The standard InChI is InChI=1S/C17H19NO2/c1-20-17(19)16-10-5-11-18(16)12-14-8-4-7-13-6-2-3-9-15(13)14/h2-4,6-9,16H,5,10-12H2,1H3. The highest BCUT2D eigenvalue weighted by Crippen LogP contribution is 2.25. The number of hydrogen-bond donors (Lipinski definition) is 0. The van der Waals surface area contributed by atoms with Crippen LogP contribution in [0.5, 0.6) is 0 Å². The summed E-state index contributed by atoms with van der Waals surface area (Å²) in [5.74, 6) is -0.109. The second-order valence-corrected chi connectivity index (χ2v) is 5.29. The van der Waals surface area contributed by atoms with Crippen molar-refractivity contribution in [3.63, 3.8) is 0 Å². The van der Waals surface area contributed by atoms with E-state index in [0.29, 0.717) is 0 Å². The number of likely N-dealkylation sites (tertiary alicyclic amines) is 1. The van der Waals surface area contributed by atoms with Crippen molar-refractivity contribution in [2.75, 3.05) is 13.7 Å². The van der Waals surface area contributed by atoms with Crippen molar-refractivity contribution in [3.05, 3.63) is 48.0 Å². The molecule has 0 aromatic heterocycles. The van der Waals surface area contributed by atoms with Gasteiger partial charge in [0.2, 0.25) is 0 Å². The van der Waals surface area contributed by atoms with E-state index < -0.39 is 0 Å². The van der Waals surface area contributed by atoms with Crippen LogP contribution in [0, 0.1) is 0 Å². The second kappa shape index (κ2) is 5.63. The number of benzene rings is 2. The largest absolute Gasteiger partial charge is 0.468 e. The van der Waals surface area contributed by atoms with Crippen molar-refractivity contribution in [3.8, 4) is 0 Å². The van der Waals surface area contributed by atoms with E-state index in [0.717, 1.165) is 25.9 Å². The van der Waals surface area contributed by atoms with Crippen LogP contribution in [0.15, 0.2) is 42.5 Å². The summed E-state index contributed by atoms with van der Waals surface area (Å²) < 4.78 is 4.91. The Kier molecular flexibility index (Phi) is 3.70. The Hall–Kier alpha value is -1.87. The summed E-state index contributed by atoms with van der Waals surface area (Å²) in [5, 5.41) is 2.52. The monoisotopic (exact) mass is 269 g/mol. The van der Waals surface area contributed by atoms with E-state index in [-0.39, 0.29) is 12.0 Å². The number of hydrogen-bond acceptors (Lipinski definition) is 3. The van der Waals surface area contributed by atoms with Gasteiger partial charge in [-0.25, -0.2) is 0 Å². The molecule has 1 aliphatic heterocycles. The molecule has 2 aromatic rings. The molecule has 0 bridgehead atoms. The number of fused-ring (bicyclic) bond motifs is 1. The van der Waals surface area contributed by atoms with Gasteiger partial charge in [0.15, 0.2) is 0 Å². The molecule has 0 amide bonds. The van der Waals surface area contributed by atoms with Gasteiger partial charge in [0.05, 0.1) is 7.11 Å². The smallest absolute Gasteiger partial charge is 0.323 e. The maximum atomic E-state index is 11.8. The second-order valence-electron chi connectivity index (χ2n) is 5.29. The van der Waals surface area contributed by atoms with Gasteiger partial charge in [-0.1, -0.05) is 42.5 Å². The van der Waals surface area contributed by atoms with Crippen molar-refractivity contribution in [2.45, 2.75) is 25.4 Å². The zero-order valence-corrected chi connectivity index (χ0v) is 11.7. The first-order valence-corrected chi connectivity index (χ1v) is 7.08. The lowest BCUT2D eigenvalue weighted by atomic mass is 10.0. The van der Waals surface area contributed by atoms with Crippen LogP contribution in [0.2, 0.25) is 0 Å². The number of nitrogens with zero attached hydrogens (tertiary/aromatic N) is 1. The molecule has 3 rings (SSSR count). The number of esters is 1. The predicted molar refractivity (Wildman–Crippen MR) is 79.4 cm³/mol. The fourth-order valence-corrected chi connectivity index (χ4v) is 3.07. The summed E-state index contributed by atoms with van der Waals surface area (Å²) in [5.41, 5.74) is 1.28. The van der Waals surface area contributed by atoms with Gasteiger partial charge in [-0.15, -0.1) is 0 Å². The zero-order valence-electron chi connectivity index (χ0n) is 11.7. The highest BCUT2D eigenvalue weighted by atomic mass is 16.5.